The molecule has 0 aromatic carbocycles. The third kappa shape index (κ3) is 22.8. The van der Waals surface area contributed by atoms with Gasteiger partial charge in [0, 0.05) is 12.2 Å². The van der Waals surface area contributed by atoms with Gasteiger partial charge in [0.05, 0.1) is 13.2 Å². The second kappa shape index (κ2) is 20.5. The van der Waals surface area contributed by atoms with E-state index in [1.807, 2.05) is 0 Å². The van der Waals surface area contributed by atoms with E-state index < -0.39 is 29.1 Å². The van der Waals surface area contributed by atoms with Gasteiger partial charge in [-0.1, -0.05) is 50.3 Å². The van der Waals surface area contributed by atoms with E-state index in [0.717, 1.165) is 12.2 Å². The summed E-state index contributed by atoms with van der Waals surface area (Å²) in [6.07, 6.45) is 3.03. The minimum absolute atomic E-state index is 0. The van der Waals surface area contributed by atoms with Gasteiger partial charge in [-0.25, -0.2) is 9.59 Å². The van der Waals surface area contributed by atoms with Crippen LogP contribution in [0.25, 0.3) is 0 Å². The first-order valence-electron chi connectivity index (χ1n) is 7.35. The van der Waals surface area contributed by atoms with Gasteiger partial charge in [0.2, 0.25) is 0 Å². The van der Waals surface area contributed by atoms with Crippen LogP contribution in [0.2, 0.25) is 25.2 Å². The van der Waals surface area contributed by atoms with Crippen LogP contribution >= 0.6 is 0 Å². The Balaban J connectivity index is -0.000000242. The van der Waals surface area contributed by atoms with Gasteiger partial charge in [-0.2, -0.15) is 0 Å². The molecule has 0 aromatic rings. The monoisotopic (exact) mass is 442 g/mol. The molecule has 7 nitrogen and oxygen atoms in total. The molecule has 0 aliphatic rings. The molecule has 9 heteroatoms. The summed E-state index contributed by atoms with van der Waals surface area (Å²) in [5, 5.41) is 0. The first kappa shape index (κ1) is 41.2. The Bertz CT molecular complexity index is 387. The highest BCUT2D eigenvalue weighted by molar-refractivity contribution is 6.78. The van der Waals surface area contributed by atoms with Crippen LogP contribution in [0.1, 0.15) is 50.0 Å². The van der Waals surface area contributed by atoms with E-state index in [1.165, 1.54) is 0 Å². The van der Waals surface area contributed by atoms with Gasteiger partial charge < -0.3 is 23.2 Å². The lowest BCUT2D eigenvalue weighted by Gasteiger charge is -2.30. The summed E-state index contributed by atoms with van der Waals surface area (Å²) >= 11 is 0. The summed E-state index contributed by atoms with van der Waals surface area (Å²) in [6.45, 7) is 10.1. The fraction of sp³-hybridized carbons (Fsp3) is 0.684. The summed E-state index contributed by atoms with van der Waals surface area (Å²) in [5.74, 6) is -1.02. The minimum Gasteiger partial charge on any atom is -0.463 e. The second-order valence-corrected chi connectivity index (χ2v) is 11.9. The van der Waals surface area contributed by atoms with Crippen LogP contribution in [-0.4, -0.2) is 51.9 Å². The van der Waals surface area contributed by atoms with E-state index in [2.05, 4.69) is 13.2 Å². The predicted molar refractivity (Wildman–Crippen MR) is 124 cm³/mol. The molecule has 0 saturated carbocycles. The topological polar surface area (TPSA) is 102 Å². The molecule has 28 heavy (non-hydrogen) atoms. The van der Waals surface area contributed by atoms with Crippen LogP contribution in [-0.2, 0) is 23.2 Å². The zero-order valence-electron chi connectivity index (χ0n) is 13.7. The van der Waals surface area contributed by atoms with Crippen LogP contribution in [0.3, 0.4) is 0 Å². The molecule has 2 unspecified atom stereocenters. The molecule has 0 amide bonds. The molecule has 0 aromatic heterocycles. The van der Waals surface area contributed by atoms with Crippen LogP contribution < -0.4 is 0 Å². The zero-order valence-corrected chi connectivity index (χ0v) is 15.7. The maximum Gasteiger partial charge on any atom is 0.330 e. The Morgan fingerprint density at radius 1 is 0.786 bits per heavy atom. The summed E-state index contributed by atoms with van der Waals surface area (Å²) in [6, 6.07) is 0.679. The van der Waals surface area contributed by atoms with Crippen molar-refractivity contribution >= 4 is 29.1 Å². The van der Waals surface area contributed by atoms with Gasteiger partial charge >= 0.3 is 29.1 Å². The predicted octanol–water partition coefficient (Wildman–Crippen LogP) is 4.55. The number of hydrogen-bond acceptors (Lipinski definition) is 7. The van der Waals surface area contributed by atoms with Gasteiger partial charge in [-0.15, -0.1) is 0 Å². The third-order valence-corrected chi connectivity index (χ3v) is 8.91. The molecule has 0 spiro atoms. The molecule has 0 saturated heterocycles. The molecule has 2 N–H and O–H groups in total. The molecule has 172 valence electrons. The number of rotatable bonds is 12. The largest absolute Gasteiger partial charge is 0.463 e. The highest BCUT2D eigenvalue weighted by Gasteiger charge is 2.38. The summed E-state index contributed by atoms with van der Waals surface area (Å²) < 4.78 is 15.2. The first-order chi connectivity index (χ1) is 10.6. The Morgan fingerprint density at radius 3 is 1.32 bits per heavy atom. The summed E-state index contributed by atoms with van der Waals surface area (Å²) in [4.78, 5) is 42.3. The van der Waals surface area contributed by atoms with Crippen molar-refractivity contribution in [3.8, 4) is 0 Å². The van der Waals surface area contributed by atoms with E-state index in [-0.39, 0.29) is 50.3 Å². The SMILES string of the molecule is C.C.C.C.C.C=CC(=O)OCCC[Si](C)(O)O[Si](C)(O)CCCOC(=O)C=C. The van der Waals surface area contributed by atoms with Gasteiger partial charge in [-0.3, -0.25) is 0 Å². The number of ether oxygens (including phenoxy) is 2. The Morgan fingerprint density at radius 2 is 1.07 bits per heavy atom. The Kier molecular flexibility index (Phi) is 30.1. The maximum absolute atomic E-state index is 10.9. The lowest BCUT2D eigenvalue weighted by Crippen LogP contribution is -2.48. The molecule has 2 atom stereocenters. The average Bonchev–Trinajstić information content (AvgIpc) is 2.46. The summed E-state index contributed by atoms with van der Waals surface area (Å²) in [7, 11) is -6.08. The van der Waals surface area contributed by atoms with Crippen molar-refractivity contribution in [2.45, 2.75) is 75.2 Å². The Hall–Kier alpha value is -1.27. The average molecular weight is 443 g/mol. The third-order valence-electron chi connectivity index (χ3n) is 2.83. The number of esters is 2. The molecule has 0 aliphatic heterocycles. The lowest BCUT2D eigenvalue weighted by atomic mass is 10.5. The van der Waals surface area contributed by atoms with E-state index in [9.17, 15) is 19.2 Å². The zero-order chi connectivity index (χ0) is 17.9. The normalized spacial score (nSPS) is 13.0. The second-order valence-electron chi connectivity index (χ2n) is 5.40. The van der Waals surface area contributed by atoms with Gasteiger partial charge in [0.1, 0.15) is 0 Å². The fourth-order valence-corrected chi connectivity index (χ4v) is 8.05. The van der Waals surface area contributed by atoms with Gasteiger partial charge in [0.15, 0.2) is 0 Å². The van der Waals surface area contributed by atoms with Crippen molar-refractivity contribution in [3.05, 3.63) is 25.3 Å². The van der Waals surface area contributed by atoms with E-state index in [0.29, 0.717) is 24.9 Å². The Labute approximate surface area is 175 Å². The quantitative estimate of drug-likeness (QED) is 0.198. The number of hydrogen-bond donors (Lipinski definition) is 2. The van der Waals surface area contributed by atoms with Crippen molar-refractivity contribution in [3.63, 3.8) is 0 Å². The van der Waals surface area contributed by atoms with Gasteiger partial charge in [0.25, 0.3) is 0 Å². The van der Waals surface area contributed by atoms with Gasteiger partial charge in [-0.05, 0) is 38.0 Å². The van der Waals surface area contributed by atoms with E-state index in [1.54, 1.807) is 13.1 Å². The number of carbonyl (C=O) groups excluding carboxylic acids is 2. The van der Waals surface area contributed by atoms with Crippen LogP contribution in [0.5, 0.6) is 0 Å². The van der Waals surface area contributed by atoms with Crippen molar-refractivity contribution < 1.29 is 32.8 Å². The van der Waals surface area contributed by atoms with Crippen molar-refractivity contribution in [1.82, 2.24) is 0 Å². The molecular weight excluding hydrogens is 396 g/mol. The highest BCUT2D eigenvalue weighted by atomic mass is 28.5. The maximum atomic E-state index is 10.9. The molecular formula is C19H46O7Si2. The van der Waals surface area contributed by atoms with Crippen LogP contribution in [0, 0.1) is 0 Å². The number of carbonyl (C=O) groups is 2. The molecule has 0 aliphatic carbocycles. The highest BCUT2D eigenvalue weighted by Crippen LogP contribution is 2.20. The van der Waals surface area contributed by atoms with Crippen molar-refractivity contribution in [1.29, 1.82) is 0 Å². The first-order valence-corrected chi connectivity index (χ1v) is 12.5. The smallest absolute Gasteiger partial charge is 0.330 e. The molecule has 0 bridgehead atoms. The fourth-order valence-electron chi connectivity index (χ4n) is 1.84. The minimum atomic E-state index is -3.04. The molecule has 0 heterocycles. The lowest BCUT2D eigenvalue weighted by molar-refractivity contribution is -0.138. The van der Waals surface area contributed by atoms with Crippen LogP contribution in [0.4, 0.5) is 0 Å². The van der Waals surface area contributed by atoms with E-state index >= 15 is 0 Å². The molecule has 0 fully saturated rings. The van der Waals surface area contributed by atoms with Crippen molar-refractivity contribution in [2.75, 3.05) is 13.2 Å². The molecule has 0 rings (SSSR count). The van der Waals surface area contributed by atoms with Crippen molar-refractivity contribution in [2.24, 2.45) is 0 Å². The van der Waals surface area contributed by atoms with E-state index in [4.69, 9.17) is 13.6 Å². The standard InChI is InChI=1S/C14H26O7Si2.5CH4/c1-5-13(15)19-9-7-11-22(3,17)21-23(4,18)12-8-10-20-14(16)6-2;;;;;/h5-6,17-18H,1-2,7-12H2,3-4H3;5*1H4. The van der Waals surface area contributed by atoms with Crippen LogP contribution in [0.15, 0.2) is 25.3 Å². The molecule has 0 radical (unpaired) electrons. The summed E-state index contributed by atoms with van der Waals surface area (Å²) in [5.41, 5.74) is 0.